The molecule has 4 aliphatic carbocycles. The number of benzene rings is 2. The van der Waals surface area contributed by atoms with E-state index in [9.17, 15) is 54.9 Å². The third-order valence-corrected chi connectivity index (χ3v) is 19.1. The van der Waals surface area contributed by atoms with E-state index in [1.165, 1.54) is 30.3 Å². The van der Waals surface area contributed by atoms with Crippen LogP contribution in [0.15, 0.2) is 137 Å². The highest BCUT2D eigenvalue weighted by atomic mass is 79.9. The normalized spacial score (nSPS) is 18.6. The predicted octanol–water partition coefficient (Wildman–Crippen LogP) is 15.7. The van der Waals surface area contributed by atoms with E-state index in [0.29, 0.717) is 28.2 Å². The van der Waals surface area contributed by atoms with Crippen molar-refractivity contribution in [2.24, 2.45) is 0 Å². The third-order valence-electron chi connectivity index (χ3n) is 18.0. The molecular formula is C67H70BBr2F8N5O6. The summed E-state index contributed by atoms with van der Waals surface area (Å²) in [5.74, 6) is -0.309. The van der Waals surface area contributed by atoms with E-state index in [1.54, 1.807) is 36.7 Å². The molecule has 0 unspecified atom stereocenters. The largest absolute Gasteiger partial charge is 0.496 e. The van der Waals surface area contributed by atoms with Crippen molar-refractivity contribution in [2.75, 3.05) is 0 Å². The van der Waals surface area contributed by atoms with Crippen LogP contribution in [0.4, 0.5) is 35.1 Å². The molecule has 0 bridgehead atoms. The Bertz CT molecular complexity index is 3580. The average Bonchev–Trinajstić information content (AvgIpc) is 1.07. The second kappa shape index (κ2) is 27.0. The molecule has 2 aromatic carbocycles. The maximum Gasteiger partial charge on any atom is 0.496 e. The summed E-state index contributed by atoms with van der Waals surface area (Å²) in [4.78, 5) is 46.7. The van der Waals surface area contributed by atoms with Gasteiger partial charge in [0.1, 0.15) is 34.6 Å². The van der Waals surface area contributed by atoms with Gasteiger partial charge in [0.2, 0.25) is 0 Å². The van der Waals surface area contributed by atoms with Crippen molar-refractivity contribution in [1.82, 2.24) is 24.9 Å². The van der Waals surface area contributed by atoms with Gasteiger partial charge in [-0.05, 0) is 208 Å². The van der Waals surface area contributed by atoms with Crippen LogP contribution in [0.1, 0.15) is 163 Å². The maximum absolute atomic E-state index is 13.2. The van der Waals surface area contributed by atoms with Gasteiger partial charge in [-0.15, -0.1) is 0 Å². The van der Waals surface area contributed by atoms with Crippen LogP contribution in [-0.4, -0.2) is 65.0 Å². The summed E-state index contributed by atoms with van der Waals surface area (Å²) in [6.45, 7) is 10.0. The van der Waals surface area contributed by atoms with Crippen LogP contribution in [0, 0.1) is 18.6 Å². The molecule has 0 radical (unpaired) electrons. The molecular weight excluding hydrogens is 1290 g/mol. The molecule has 1 saturated heterocycles. The van der Waals surface area contributed by atoms with Crippen molar-refractivity contribution >= 4 is 56.0 Å². The van der Waals surface area contributed by atoms with Gasteiger partial charge in [-0.25, -0.2) is 8.78 Å². The highest BCUT2D eigenvalue weighted by Crippen LogP contribution is 2.49. The lowest BCUT2D eigenvalue weighted by atomic mass is 9.62. The Morgan fingerprint density at radius 2 is 1.00 bits per heavy atom. The van der Waals surface area contributed by atoms with E-state index in [0.717, 1.165) is 139 Å². The van der Waals surface area contributed by atoms with Crippen LogP contribution >= 0.6 is 31.9 Å². The molecule has 12 rings (SSSR count). The molecule has 5 fully saturated rings. The first-order valence-corrected chi connectivity index (χ1v) is 30.6. The molecule has 6 heterocycles. The molecule has 0 spiro atoms. The minimum Gasteiger partial charge on any atom is -0.399 e. The number of hydrogen-bond donors (Lipinski definition) is 2. The van der Waals surface area contributed by atoms with E-state index < -0.39 is 64.1 Å². The molecule has 4 saturated carbocycles. The summed E-state index contributed by atoms with van der Waals surface area (Å²) >= 11 is 6.10. The second-order valence-corrected chi connectivity index (χ2v) is 26.1. The Morgan fingerprint density at radius 3 is 1.39 bits per heavy atom. The van der Waals surface area contributed by atoms with Crippen molar-refractivity contribution < 1.29 is 64.2 Å². The van der Waals surface area contributed by atoms with Crippen LogP contribution in [0.5, 0.6) is 0 Å². The van der Waals surface area contributed by atoms with E-state index in [1.807, 2.05) is 71.1 Å². The van der Waals surface area contributed by atoms with Crippen molar-refractivity contribution in [3.63, 3.8) is 0 Å². The Labute approximate surface area is 530 Å². The van der Waals surface area contributed by atoms with E-state index in [4.69, 9.17) is 14.3 Å². The summed E-state index contributed by atoms with van der Waals surface area (Å²) in [5, 5.41) is 21.0. The van der Waals surface area contributed by atoms with Crippen LogP contribution in [0.3, 0.4) is 0 Å². The van der Waals surface area contributed by atoms with Gasteiger partial charge in [-0.1, -0.05) is 56.7 Å². The number of nitrogens with zero attached hydrogens (tertiary/aromatic N) is 5. The predicted molar refractivity (Wildman–Crippen MR) is 330 cm³/mol. The lowest BCUT2D eigenvalue weighted by Gasteiger charge is -2.40. The molecule has 0 atom stereocenters. The molecule has 0 amide bonds. The lowest BCUT2D eigenvalue weighted by Crippen LogP contribution is -2.44. The summed E-state index contributed by atoms with van der Waals surface area (Å²) in [5.41, 5.74) is 2.31. The molecule has 472 valence electrons. The number of Topliss-reactive ketones (excluding diaryl/α,β-unsaturated/α-hetero) is 2. The minimum atomic E-state index is -4.48. The molecule has 5 aliphatic rings. The zero-order chi connectivity index (χ0) is 63.7. The molecule has 1 aliphatic heterocycles. The Balaban J connectivity index is 0.000000164. The molecule has 2 N–H and O–H groups in total. The molecule has 22 heteroatoms. The van der Waals surface area contributed by atoms with E-state index >= 15 is 0 Å². The molecule has 11 nitrogen and oxygen atoms in total. The molecule has 5 aromatic heterocycles. The number of carbonyl (C=O) groups is 2. The lowest BCUT2D eigenvalue weighted by molar-refractivity contribution is -0.142. The Morgan fingerprint density at radius 1 is 0.539 bits per heavy atom. The zero-order valence-corrected chi connectivity index (χ0v) is 52.3. The standard InChI is InChI=1S/C27H27FN2O2.C23H27BFNO3.C10H9BrF3NO.C6H3BrF3N.CH4/c1-18-14-23(27(32)12-3-13-27)22(17-29-18)20-6-9-24(30-16-20)26(10-2-11-26)25(31)15-19-4-7-21(28)8-5-19;1-21(2)22(3,4)29-24(28-21)17-8-11-19(26-15-17)23(12-5-13-23)20(27)14-16-6-9-18(25)10-7-16;11-7-5-15-8(10(12,13)14)4-6(7)9(16)2-1-3-9;7-4-1-2-5(11-3-4)6(8,9)10;/h4-9,14,16-17,32H,2-3,10-13,15H2,1H3;6-11,15H,5,12-14H2,1-4H3;4-5,16H,1-3H2;1-3H;1H4. The number of pyridine rings is 5. The van der Waals surface area contributed by atoms with Gasteiger partial charge in [0.15, 0.2) is 0 Å². The van der Waals surface area contributed by atoms with Gasteiger partial charge in [-0.2, -0.15) is 26.3 Å². The van der Waals surface area contributed by atoms with Gasteiger partial charge in [0.25, 0.3) is 0 Å². The van der Waals surface area contributed by atoms with Gasteiger partial charge in [0.05, 0.1) is 44.6 Å². The number of aliphatic hydroxyl groups is 2. The smallest absolute Gasteiger partial charge is 0.399 e. The maximum atomic E-state index is 13.2. The second-order valence-electron chi connectivity index (χ2n) is 24.4. The number of rotatable bonds is 12. The summed E-state index contributed by atoms with van der Waals surface area (Å²) in [6, 6.07) is 25.2. The number of carbonyl (C=O) groups excluding carboxylic acids is 2. The average molecular weight is 1360 g/mol. The number of aryl methyl sites for hydroxylation is 1. The third kappa shape index (κ3) is 15.3. The summed E-state index contributed by atoms with van der Waals surface area (Å²) in [7, 11) is -0.464. The van der Waals surface area contributed by atoms with Gasteiger partial charge < -0.3 is 19.5 Å². The number of alkyl halides is 6. The van der Waals surface area contributed by atoms with E-state index in [-0.39, 0.29) is 42.6 Å². The van der Waals surface area contributed by atoms with Gasteiger partial charge in [0, 0.05) is 80.6 Å². The first-order valence-electron chi connectivity index (χ1n) is 29.0. The fraction of sp³-hybridized carbons (Fsp3) is 0.418. The molecule has 89 heavy (non-hydrogen) atoms. The SMILES string of the molecule is C.CC1(C)OB(c2ccc(C3(C(=O)Cc4ccc(F)cc4)CCC3)nc2)OC1(C)C.Cc1cc(C2(O)CCC2)c(-c2ccc(C3(C(=O)Cc4ccc(F)cc4)CCC3)nc2)cn1.FC(F)(F)c1ccc(Br)cn1.OC1(c2cc(C(F)(F)F)ncc2Br)CCC1. The monoisotopic (exact) mass is 1360 g/mol. The first-order chi connectivity index (χ1) is 41.4. The van der Waals surface area contributed by atoms with Crippen LogP contribution in [-0.2, 0) is 66.1 Å². The van der Waals surface area contributed by atoms with Crippen molar-refractivity contribution in [3.05, 3.63) is 199 Å². The number of halogens is 10. The van der Waals surface area contributed by atoms with Crippen molar-refractivity contribution in [1.29, 1.82) is 0 Å². The van der Waals surface area contributed by atoms with Crippen molar-refractivity contribution in [3.8, 4) is 11.1 Å². The summed E-state index contributed by atoms with van der Waals surface area (Å²) < 4.78 is 112. The Hall–Kier alpha value is -6.17. The minimum absolute atomic E-state index is 0. The summed E-state index contributed by atoms with van der Waals surface area (Å²) in [6.07, 6.45) is 8.88. The number of ketones is 2. The topological polar surface area (TPSA) is 158 Å². The molecule has 7 aromatic rings. The number of hydrogen-bond acceptors (Lipinski definition) is 11. The highest BCUT2D eigenvalue weighted by molar-refractivity contribution is 9.10. The fourth-order valence-electron chi connectivity index (χ4n) is 11.2. The van der Waals surface area contributed by atoms with Crippen molar-refractivity contribution in [2.45, 2.75) is 178 Å². The van der Waals surface area contributed by atoms with Gasteiger partial charge >= 0.3 is 19.5 Å². The Kier molecular flexibility index (Phi) is 20.8. The highest BCUT2D eigenvalue weighted by Gasteiger charge is 2.53. The fourth-order valence-corrected chi connectivity index (χ4v) is 12.0. The van der Waals surface area contributed by atoms with E-state index in [2.05, 4.69) is 51.8 Å². The van der Waals surface area contributed by atoms with Gasteiger partial charge in [-0.3, -0.25) is 34.5 Å². The van der Waals surface area contributed by atoms with Crippen LogP contribution in [0.2, 0.25) is 0 Å². The zero-order valence-electron chi connectivity index (χ0n) is 49.1. The van der Waals surface area contributed by atoms with Crippen LogP contribution < -0.4 is 5.46 Å². The quantitative estimate of drug-likeness (QED) is 0.0886. The van der Waals surface area contributed by atoms with Crippen LogP contribution in [0.25, 0.3) is 11.1 Å². The number of aromatic nitrogens is 5. The first kappa shape index (κ1) is 68.7.